The predicted molar refractivity (Wildman–Crippen MR) is 116 cm³/mol. The highest BCUT2D eigenvalue weighted by atomic mass is 16.1. The van der Waals surface area contributed by atoms with Crippen molar-refractivity contribution in [3.8, 4) is 0 Å². The number of hydrogen-bond donors (Lipinski definition) is 2. The number of nitrogens with zero attached hydrogens (tertiary/aromatic N) is 2. The lowest BCUT2D eigenvalue weighted by Gasteiger charge is -2.27. The molecule has 1 aliphatic rings. The Hall–Kier alpha value is -3.80. The Morgan fingerprint density at radius 1 is 1.07 bits per heavy atom. The van der Waals surface area contributed by atoms with E-state index in [0.29, 0.717) is 29.1 Å². The number of benzene rings is 2. The van der Waals surface area contributed by atoms with Crippen molar-refractivity contribution in [1.82, 2.24) is 4.98 Å². The maximum absolute atomic E-state index is 13.5. The van der Waals surface area contributed by atoms with Crippen molar-refractivity contribution in [2.24, 2.45) is 16.6 Å². The number of carbonyl (C=O) groups excluding carboxylic acids is 2. The third kappa shape index (κ3) is 3.26. The van der Waals surface area contributed by atoms with Crippen LogP contribution < -0.4 is 11.1 Å². The van der Waals surface area contributed by atoms with Gasteiger partial charge in [0.25, 0.3) is 5.91 Å². The van der Waals surface area contributed by atoms with Gasteiger partial charge in [-0.1, -0.05) is 49.4 Å². The van der Waals surface area contributed by atoms with Gasteiger partial charge < -0.3 is 11.1 Å². The molecule has 0 radical (unpaired) electrons. The summed E-state index contributed by atoms with van der Waals surface area (Å²) in [6, 6.07) is 20.0. The molecular weight excluding hydrogens is 376 g/mol. The first-order chi connectivity index (χ1) is 14.6. The van der Waals surface area contributed by atoms with Crippen LogP contribution in [0, 0.1) is 5.92 Å². The molecule has 0 spiro atoms. The van der Waals surface area contributed by atoms with Gasteiger partial charge in [-0.25, -0.2) is 4.99 Å². The molecule has 6 heteroatoms. The largest absolute Gasteiger partial charge is 0.387 e. The predicted octanol–water partition coefficient (Wildman–Crippen LogP) is 3.54. The van der Waals surface area contributed by atoms with Crippen LogP contribution in [-0.2, 0) is 10.3 Å². The van der Waals surface area contributed by atoms with Gasteiger partial charge in [-0.2, -0.15) is 0 Å². The zero-order valence-corrected chi connectivity index (χ0v) is 16.6. The van der Waals surface area contributed by atoms with Crippen molar-refractivity contribution < 1.29 is 9.59 Å². The highest BCUT2D eigenvalue weighted by molar-refractivity contribution is 6.15. The van der Waals surface area contributed by atoms with Gasteiger partial charge in [0.1, 0.15) is 5.84 Å². The Balaban J connectivity index is 1.77. The van der Waals surface area contributed by atoms with Gasteiger partial charge in [-0.05, 0) is 41.8 Å². The smallest absolute Gasteiger partial charge is 0.257 e. The van der Waals surface area contributed by atoms with Crippen LogP contribution in [0.25, 0.3) is 0 Å². The van der Waals surface area contributed by atoms with Crippen LogP contribution in [0.15, 0.2) is 84.1 Å². The fraction of sp³-hybridized carbons (Fsp3) is 0.167. The van der Waals surface area contributed by atoms with Gasteiger partial charge in [0.15, 0.2) is 11.3 Å². The number of ketones is 1. The lowest BCUT2D eigenvalue weighted by Crippen LogP contribution is -2.36. The minimum atomic E-state index is -1.22. The molecule has 0 fully saturated rings. The second kappa shape index (κ2) is 7.91. The van der Waals surface area contributed by atoms with E-state index in [4.69, 9.17) is 10.7 Å². The average Bonchev–Trinajstić information content (AvgIpc) is 3.05. The Morgan fingerprint density at radius 2 is 1.83 bits per heavy atom. The number of hydrogen-bond acceptors (Lipinski definition) is 5. The van der Waals surface area contributed by atoms with E-state index in [1.54, 1.807) is 36.5 Å². The number of anilines is 1. The normalized spacial score (nSPS) is 20.6. The lowest BCUT2D eigenvalue weighted by molar-refractivity contribution is -0.124. The molecule has 0 saturated heterocycles. The number of nitrogens with two attached hydrogens (primary N) is 1. The van der Waals surface area contributed by atoms with E-state index in [1.165, 1.54) is 6.20 Å². The van der Waals surface area contributed by atoms with Gasteiger partial charge in [0.05, 0.1) is 11.5 Å². The standard InChI is InChI=1S/C24H22N4O2/c1-2-20-21(29)24(28-22(20)25,17-9-4-3-5-10-17)18-11-6-12-19(14-18)27-23(30)16-8-7-13-26-15-16/h3-15,20H,2H2,1H3,(H2,25,28)(H,27,30). The SMILES string of the molecule is CCC1C(=O)C(c2ccccc2)(c2cccc(NC(=O)c3cccnc3)c2)N=C1N. The molecule has 2 heterocycles. The van der Waals surface area contributed by atoms with Crippen molar-refractivity contribution in [2.75, 3.05) is 5.32 Å². The molecule has 0 saturated carbocycles. The van der Waals surface area contributed by atoms with E-state index in [-0.39, 0.29) is 11.7 Å². The number of pyridine rings is 1. The van der Waals surface area contributed by atoms with Crippen molar-refractivity contribution in [2.45, 2.75) is 18.9 Å². The molecule has 6 nitrogen and oxygen atoms in total. The van der Waals surface area contributed by atoms with Crippen LogP contribution in [0.1, 0.15) is 34.8 Å². The second-order valence-corrected chi connectivity index (χ2v) is 7.21. The van der Waals surface area contributed by atoms with Crippen molar-refractivity contribution >= 4 is 23.2 Å². The monoisotopic (exact) mass is 398 g/mol. The van der Waals surface area contributed by atoms with Gasteiger partial charge in [0, 0.05) is 18.1 Å². The molecule has 3 N–H and O–H groups in total. The molecule has 1 amide bonds. The molecule has 2 unspecified atom stereocenters. The molecular formula is C24H22N4O2. The topological polar surface area (TPSA) is 97.4 Å². The van der Waals surface area contributed by atoms with Crippen LogP contribution in [-0.4, -0.2) is 22.5 Å². The maximum Gasteiger partial charge on any atom is 0.257 e. The number of Topliss-reactive ketones (excluding diaryl/α,β-unsaturated/α-hetero) is 1. The maximum atomic E-state index is 13.5. The highest BCUT2D eigenvalue weighted by Gasteiger charge is 2.50. The highest BCUT2D eigenvalue weighted by Crippen LogP contribution is 2.42. The fourth-order valence-corrected chi connectivity index (χ4v) is 3.89. The zero-order valence-electron chi connectivity index (χ0n) is 16.6. The number of aliphatic imine (C=N–C) groups is 1. The Morgan fingerprint density at radius 3 is 2.50 bits per heavy atom. The molecule has 30 heavy (non-hydrogen) atoms. The summed E-state index contributed by atoms with van der Waals surface area (Å²) in [7, 11) is 0. The van der Waals surface area contributed by atoms with Crippen LogP contribution in [0.2, 0.25) is 0 Å². The average molecular weight is 398 g/mol. The number of carbonyl (C=O) groups is 2. The molecule has 3 aromatic rings. The molecule has 1 aromatic heterocycles. The number of nitrogens with one attached hydrogen (secondary N) is 1. The summed E-state index contributed by atoms with van der Waals surface area (Å²) in [4.78, 5) is 34.8. The molecule has 150 valence electrons. The number of amidine groups is 1. The van der Waals surface area contributed by atoms with E-state index in [0.717, 1.165) is 5.56 Å². The van der Waals surface area contributed by atoms with Crippen molar-refractivity contribution in [3.05, 3.63) is 95.8 Å². The quantitative estimate of drug-likeness (QED) is 0.687. The van der Waals surface area contributed by atoms with Gasteiger partial charge in [-0.3, -0.25) is 14.6 Å². The van der Waals surface area contributed by atoms with Crippen LogP contribution in [0.5, 0.6) is 0 Å². The zero-order chi connectivity index (χ0) is 21.1. The third-order valence-corrected chi connectivity index (χ3v) is 5.39. The molecule has 4 rings (SSSR count). The van der Waals surface area contributed by atoms with Crippen LogP contribution >= 0.6 is 0 Å². The molecule has 0 bridgehead atoms. The Bertz CT molecular complexity index is 1110. The van der Waals surface area contributed by atoms with Gasteiger partial charge in [0.2, 0.25) is 0 Å². The minimum absolute atomic E-state index is 0.0514. The number of rotatable bonds is 5. The number of aromatic nitrogens is 1. The first-order valence-corrected chi connectivity index (χ1v) is 9.83. The van der Waals surface area contributed by atoms with E-state index in [1.807, 2.05) is 43.3 Å². The van der Waals surface area contributed by atoms with Crippen LogP contribution in [0.4, 0.5) is 5.69 Å². The fourth-order valence-electron chi connectivity index (χ4n) is 3.89. The first-order valence-electron chi connectivity index (χ1n) is 9.83. The van der Waals surface area contributed by atoms with E-state index >= 15 is 0 Å². The van der Waals surface area contributed by atoms with Crippen LogP contribution in [0.3, 0.4) is 0 Å². The van der Waals surface area contributed by atoms with Crippen molar-refractivity contribution in [1.29, 1.82) is 0 Å². The second-order valence-electron chi connectivity index (χ2n) is 7.21. The molecule has 1 aliphatic heterocycles. The van der Waals surface area contributed by atoms with E-state index in [9.17, 15) is 9.59 Å². The summed E-state index contributed by atoms with van der Waals surface area (Å²) in [5.41, 5.74) is 7.40. The lowest BCUT2D eigenvalue weighted by atomic mass is 9.77. The van der Waals surface area contributed by atoms with Crippen molar-refractivity contribution in [3.63, 3.8) is 0 Å². The molecule has 0 aliphatic carbocycles. The number of amides is 1. The molecule has 2 atom stereocenters. The minimum Gasteiger partial charge on any atom is -0.387 e. The summed E-state index contributed by atoms with van der Waals surface area (Å²) >= 11 is 0. The first kappa shape index (κ1) is 19.5. The van der Waals surface area contributed by atoms with Gasteiger partial charge in [-0.15, -0.1) is 0 Å². The third-order valence-electron chi connectivity index (χ3n) is 5.39. The Labute approximate surface area is 174 Å². The summed E-state index contributed by atoms with van der Waals surface area (Å²) in [5.74, 6) is -0.416. The summed E-state index contributed by atoms with van der Waals surface area (Å²) in [6.07, 6.45) is 3.70. The Kier molecular flexibility index (Phi) is 5.14. The summed E-state index contributed by atoms with van der Waals surface area (Å²) < 4.78 is 0. The van der Waals surface area contributed by atoms with E-state index in [2.05, 4.69) is 10.3 Å². The van der Waals surface area contributed by atoms with E-state index < -0.39 is 11.5 Å². The van der Waals surface area contributed by atoms with Gasteiger partial charge >= 0.3 is 0 Å². The summed E-state index contributed by atoms with van der Waals surface area (Å²) in [6.45, 7) is 1.93. The molecule has 2 aromatic carbocycles. The summed E-state index contributed by atoms with van der Waals surface area (Å²) in [5, 5.41) is 2.87.